The predicted molar refractivity (Wildman–Crippen MR) is 270 cm³/mol. The van der Waals surface area contributed by atoms with Crippen LogP contribution in [0.25, 0.3) is 60.3 Å². The van der Waals surface area contributed by atoms with E-state index in [0.717, 1.165) is 22.7 Å². The molecular formula is C60H47N4+. The number of aryl methyl sites for hydroxylation is 4. The van der Waals surface area contributed by atoms with Crippen molar-refractivity contribution in [3.8, 4) is 22.3 Å². The number of anilines is 6. The summed E-state index contributed by atoms with van der Waals surface area (Å²) in [6.07, 6.45) is 0. The first kappa shape index (κ1) is 36.9. The predicted octanol–water partition coefficient (Wildman–Crippen LogP) is 15.8. The van der Waals surface area contributed by atoms with Crippen LogP contribution < -0.4 is 14.7 Å². The Bertz CT molecular complexity index is 3700. The quantitative estimate of drug-likeness (QED) is 0.180. The highest BCUT2D eigenvalue weighted by molar-refractivity contribution is 6.24. The Hall–Kier alpha value is -7.66. The van der Waals surface area contributed by atoms with Gasteiger partial charge in [0.05, 0.1) is 38.9 Å². The summed E-state index contributed by atoms with van der Waals surface area (Å²) in [5, 5.41) is 5.15. The van der Waals surface area contributed by atoms with Gasteiger partial charge in [-0.1, -0.05) is 66.7 Å². The fourth-order valence-corrected chi connectivity index (χ4v) is 11.2. The van der Waals surface area contributed by atoms with Crippen molar-refractivity contribution >= 4 is 89.3 Å². The summed E-state index contributed by atoms with van der Waals surface area (Å²) in [5.41, 5.74) is 27.8. The van der Waals surface area contributed by atoms with Gasteiger partial charge >= 0.3 is 0 Å². The number of para-hydroxylation sites is 4. The molecular weight excluding hydrogens is 777 g/mol. The third-order valence-corrected chi connectivity index (χ3v) is 14.8. The van der Waals surface area contributed by atoms with Gasteiger partial charge in [-0.05, 0) is 166 Å². The van der Waals surface area contributed by atoms with Crippen molar-refractivity contribution in [3.63, 3.8) is 0 Å². The van der Waals surface area contributed by atoms with Gasteiger partial charge in [0.25, 0.3) is 0 Å². The van der Waals surface area contributed by atoms with E-state index in [9.17, 15) is 0 Å². The molecule has 1 N–H and O–H groups in total. The van der Waals surface area contributed by atoms with Crippen molar-refractivity contribution in [2.45, 2.75) is 41.5 Å². The maximum absolute atomic E-state index is 2.55. The van der Waals surface area contributed by atoms with E-state index in [1.807, 2.05) is 0 Å². The molecule has 0 spiro atoms. The normalized spacial score (nSPS) is 13.6. The maximum atomic E-state index is 2.55. The van der Waals surface area contributed by atoms with E-state index in [1.54, 1.807) is 0 Å². The lowest BCUT2D eigenvalue weighted by molar-refractivity contribution is -0.672. The van der Waals surface area contributed by atoms with Crippen LogP contribution in [-0.4, -0.2) is 4.40 Å². The van der Waals surface area contributed by atoms with Crippen LogP contribution in [-0.2, 0) is 0 Å². The van der Waals surface area contributed by atoms with Gasteiger partial charge in [0, 0.05) is 67.7 Å². The minimum atomic E-state index is 1.14. The van der Waals surface area contributed by atoms with Crippen LogP contribution in [0.15, 0.2) is 170 Å². The molecule has 4 heteroatoms. The highest BCUT2D eigenvalue weighted by Crippen LogP contribution is 2.53. The van der Waals surface area contributed by atoms with Crippen molar-refractivity contribution in [2.75, 3.05) is 9.80 Å². The first-order valence-electron chi connectivity index (χ1n) is 22.5. The van der Waals surface area contributed by atoms with Crippen molar-refractivity contribution < 1.29 is 4.90 Å². The van der Waals surface area contributed by atoms with Crippen molar-refractivity contribution in [1.29, 1.82) is 0 Å². The lowest BCUT2D eigenvalue weighted by Gasteiger charge is -2.27. The summed E-state index contributed by atoms with van der Waals surface area (Å²) in [4.78, 5) is 6.19. The van der Waals surface area contributed by atoms with Crippen LogP contribution in [0.2, 0.25) is 0 Å². The van der Waals surface area contributed by atoms with Crippen molar-refractivity contribution in [2.24, 2.45) is 0 Å². The molecule has 4 heterocycles. The molecule has 0 fully saturated rings. The van der Waals surface area contributed by atoms with Crippen molar-refractivity contribution in [3.05, 3.63) is 203 Å². The number of fused-ring (bicyclic) bond motifs is 12. The monoisotopic (exact) mass is 823 g/mol. The van der Waals surface area contributed by atoms with Gasteiger partial charge in [-0.3, -0.25) is 0 Å². The Balaban J connectivity index is 1.01. The van der Waals surface area contributed by atoms with E-state index in [1.165, 1.54) is 127 Å². The Morgan fingerprint density at radius 3 is 1.45 bits per heavy atom. The zero-order chi connectivity index (χ0) is 43.1. The van der Waals surface area contributed by atoms with Gasteiger partial charge in [-0.25, -0.2) is 4.90 Å². The van der Waals surface area contributed by atoms with Crippen LogP contribution in [0.5, 0.6) is 0 Å². The molecule has 2 aromatic heterocycles. The van der Waals surface area contributed by atoms with Crippen LogP contribution in [0.4, 0.5) is 51.2 Å². The summed E-state index contributed by atoms with van der Waals surface area (Å²) < 4.78 is 2.55. The van der Waals surface area contributed by atoms with E-state index < -0.39 is 0 Å². The number of hydrogen-bond donors (Lipinski definition) is 1. The number of hydrogen-bond acceptors (Lipinski definition) is 2. The molecule has 2 aliphatic heterocycles. The van der Waals surface area contributed by atoms with E-state index >= 15 is 0 Å². The number of nitrogens with one attached hydrogen (secondary N) is 1. The van der Waals surface area contributed by atoms with Crippen LogP contribution >= 0.6 is 0 Å². The standard InChI is InChI=1S/C60H46N4/c1-35-27-45(28-36(2)39(35)5)61(41-15-9-7-10-16-41)43-23-25-47-49-19-13-21-51-53-34-58-54(33-57(53)63(59(49)51)55(47)31-43)52-22-14-20-50-48-26-24-44(32-56(48)64(58)60(50)52)62(42-17-11-8-12-18-42)46-29-37(3)40(6)38(4)30-46/h7-34H,1-6H3/p+1. The van der Waals surface area contributed by atoms with Gasteiger partial charge in [0.1, 0.15) is 5.69 Å². The number of rotatable bonds is 6. The second-order valence-electron chi connectivity index (χ2n) is 18.2. The third kappa shape index (κ3) is 5.09. The first-order chi connectivity index (χ1) is 31.2. The lowest BCUT2D eigenvalue weighted by atomic mass is 9.97. The zero-order valence-corrected chi connectivity index (χ0v) is 37.0. The number of quaternary nitrogens is 1. The van der Waals surface area contributed by atoms with Gasteiger partial charge in [-0.15, -0.1) is 0 Å². The fourth-order valence-electron chi connectivity index (χ4n) is 11.2. The molecule has 0 saturated heterocycles. The molecule has 0 amide bonds. The molecule has 13 rings (SSSR count). The highest BCUT2D eigenvalue weighted by Gasteiger charge is 2.43. The van der Waals surface area contributed by atoms with E-state index in [-0.39, 0.29) is 0 Å². The molecule has 0 radical (unpaired) electrons. The smallest absolute Gasteiger partial charge is 0.157 e. The van der Waals surface area contributed by atoms with E-state index in [4.69, 9.17) is 0 Å². The molecule has 11 aromatic rings. The molecule has 0 aliphatic carbocycles. The topological polar surface area (TPSA) is 15.3 Å². The van der Waals surface area contributed by atoms with Gasteiger partial charge < -0.3 is 14.2 Å². The first-order valence-corrected chi connectivity index (χ1v) is 22.5. The summed E-state index contributed by atoms with van der Waals surface area (Å²) in [5.74, 6) is 0. The molecule has 1 unspecified atom stereocenters. The van der Waals surface area contributed by atoms with Crippen LogP contribution in [0, 0.1) is 41.5 Å². The van der Waals surface area contributed by atoms with E-state index in [2.05, 4.69) is 226 Å². The third-order valence-electron chi connectivity index (χ3n) is 14.8. The second kappa shape index (κ2) is 13.4. The van der Waals surface area contributed by atoms with Gasteiger partial charge in [-0.2, -0.15) is 0 Å². The van der Waals surface area contributed by atoms with Crippen LogP contribution in [0.1, 0.15) is 33.4 Å². The molecule has 0 saturated carbocycles. The van der Waals surface area contributed by atoms with Crippen molar-refractivity contribution in [1.82, 2.24) is 4.40 Å². The molecule has 0 bridgehead atoms. The summed E-state index contributed by atoms with van der Waals surface area (Å²) in [7, 11) is 0. The molecule has 2 aliphatic rings. The molecule has 4 nitrogen and oxygen atoms in total. The summed E-state index contributed by atoms with van der Waals surface area (Å²) in [6, 6.07) is 63.9. The maximum Gasteiger partial charge on any atom is 0.157 e. The second-order valence-corrected chi connectivity index (χ2v) is 18.2. The lowest BCUT2D eigenvalue weighted by Crippen LogP contribution is -2.94. The Morgan fingerprint density at radius 2 is 0.844 bits per heavy atom. The molecule has 1 atom stereocenters. The molecule has 306 valence electrons. The Labute approximate surface area is 373 Å². The minimum Gasteiger partial charge on any atom is -0.310 e. The molecule has 64 heavy (non-hydrogen) atoms. The largest absolute Gasteiger partial charge is 0.310 e. The van der Waals surface area contributed by atoms with Gasteiger partial charge in [0.2, 0.25) is 0 Å². The summed E-state index contributed by atoms with van der Waals surface area (Å²) >= 11 is 0. The summed E-state index contributed by atoms with van der Waals surface area (Å²) in [6.45, 7) is 13.3. The highest BCUT2D eigenvalue weighted by atomic mass is 15.2. The average molecular weight is 824 g/mol. The van der Waals surface area contributed by atoms with Crippen LogP contribution in [0.3, 0.4) is 0 Å². The Morgan fingerprint density at radius 1 is 0.344 bits per heavy atom. The Kier molecular flexibility index (Phi) is 7.75. The fraction of sp³-hybridized carbons (Fsp3) is 0.100. The number of benzene rings is 9. The molecule has 9 aromatic carbocycles. The minimum absolute atomic E-state index is 1.14. The average Bonchev–Trinajstić information content (AvgIpc) is 4.03. The number of nitrogens with zero attached hydrogens (tertiary/aromatic N) is 3. The zero-order valence-electron chi connectivity index (χ0n) is 37.0. The number of aromatic nitrogens is 1. The SMILES string of the molecule is Cc1cc(N(c2ccccc2)c2ccc3c(c2)[NH+]2c4cc5c6cccc7c8ccc(N(c9ccccc9)c9cc(C)c(C)c(C)c9)cc8n(c5cc4-c4cccc-3c42)c76)cc(C)c1C. The van der Waals surface area contributed by atoms with E-state index in [0.29, 0.717) is 0 Å². The van der Waals surface area contributed by atoms with Gasteiger partial charge in [0.15, 0.2) is 11.4 Å².